The fraction of sp³-hybridized carbons (Fsp3) is 0.0400. The summed E-state index contributed by atoms with van der Waals surface area (Å²) in [5.74, 6) is 0. The van der Waals surface area contributed by atoms with E-state index in [4.69, 9.17) is 0 Å². The largest absolute Gasteiger partial charge is 0.408 e. The van der Waals surface area contributed by atoms with Gasteiger partial charge in [0, 0.05) is 40.5 Å². The molecule has 0 saturated carbocycles. The first-order valence-electron chi connectivity index (χ1n) is 9.99. The van der Waals surface area contributed by atoms with E-state index in [1.54, 1.807) is 0 Å². The minimum atomic E-state index is -0.0168. The molecule has 0 amide bonds. The SMILES string of the molecule is Cn1c(-c2ccccc2)c(B2Nc3cccc4cccc(c34)N2)c2ccccc21. The fourth-order valence-electron chi connectivity index (χ4n) is 4.73. The van der Waals surface area contributed by atoms with Crippen molar-refractivity contribution in [2.45, 2.75) is 0 Å². The van der Waals surface area contributed by atoms with Crippen molar-refractivity contribution < 1.29 is 0 Å². The third kappa shape index (κ3) is 2.39. The van der Waals surface area contributed by atoms with Crippen LogP contribution in [0.15, 0.2) is 91.0 Å². The van der Waals surface area contributed by atoms with E-state index >= 15 is 0 Å². The van der Waals surface area contributed by atoms with Gasteiger partial charge in [0.2, 0.25) is 0 Å². The van der Waals surface area contributed by atoms with Crippen molar-refractivity contribution in [1.29, 1.82) is 0 Å². The highest BCUT2D eigenvalue weighted by molar-refractivity contribution is 6.83. The molecular weight excluding hydrogens is 353 g/mol. The van der Waals surface area contributed by atoms with E-state index in [2.05, 4.69) is 113 Å². The van der Waals surface area contributed by atoms with Gasteiger partial charge in [0.15, 0.2) is 0 Å². The van der Waals surface area contributed by atoms with Crippen LogP contribution in [0.2, 0.25) is 0 Å². The Morgan fingerprint density at radius 3 is 2.07 bits per heavy atom. The highest BCUT2D eigenvalue weighted by Crippen LogP contribution is 2.35. The second-order valence-electron chi connectivity index (χ2n) is 7.64. The van der Waals surface area contributed by atoms with Crippen LogP contribution in [0, 0.1) is 0 Å². The quantitative estimate of drug-likeness (QED) is 0.415. The van der Waals surface area contributed by atoms with Crippen LogP contribution in [0.5, 0.6) is 0 Å². The van der Waals surface area contributed by atoms with Gasteiger partial charge in [-0.05, 0) is 34.5 Å². The van der Waals surface area contributed by atoms with Crippen LogP contribution in [-0.2, 0) is 7.05 Å². The molecule has 3 nitrogen and oxygen atoms in total. The Labute approximate surface area is 170 Å². The Morgan fingerprint density at radius 1 is 0.690 bits per heavy atom. The summed E-state index contributed by atoms with van der Waals surface area (Å²) in [6.45, 7) is -0.0168. The molecule has 2 heterocycles. The number of hydrogen-bond acceptors (Lipinski definition) is 2. The highest BCUT2D eigenvalue weighted by Gasteiger charge is 2.31. The number of hydrogen-bond donors (Lipinski definition) is 2. The lowest BCUT2D eigenvalue weighted by Crippen LogP contribution is -2.48. The van der Waals surface area contributed by atoms with Crippen LogP contribution in [0.25, 0.3) is 32.9 Å². The number of anilines is 2. The third-order valence-corrected chi connectivity index (χ3v) is 5.99. The Bertz CT molecular complexity index is 1330. The van der Waals surface area contributed by atoms with Gasteiger partial charge < -0.3 is 15.0 Å². The molecule has 0 aliphatic carbocycles. The summed E-state index contributed by atoms with van der Waals surface area (Å²) < 4.78 is 2.31. The highest BCUT2D eigenvalue weighted by atomic mass is 15.0. The van der Waals surface area contributed by atoms with E-state index in [1.807, 2.05) is 0 Å². The first kappa shape index (κ1) is 16.3. The van der Waals surface area contributed by atoms with Crippen LogP contribution in [-0.4, -0.2) is 11.5 Å². The fourth-order valence-corrected chi connectivity index (χ4v) is 4.73. The van der Waals surface area contributed by atoms with E-state index in [9.17, 15) is 0 Å². The van der Waals surface area contributed by atoms with Gasteiger partial charge in [-0.3, -0.25) is 0 Å². The third-order valence-electron chi connectivity index (χ3n) is 5.99. The van der Waals surface area contributed by atoms with Crippen LogP contribution in [0.4, 0.5) is 11.4 Å². The Morgan fingerprint density at radius 2 is 1.34 bits per heavy atom. The van der Waals surface area contributed by atoms with Gasteiger partial charge in [0.05, 0.1) is 0 Å². The normalized spacial score (nSPS) is 12.8. The molecule has 0 saturated heterocycles. The van der Waals surface area contributed by atoms with Crippen LogP contribution in [0.1, 0.15) is 0 Å². The molecule has 1 aliphatic rings. The Balaban J connectivity index is 1.61. The average Bonchev–Trinajstić information content (AvgIpc) is 3.07. The predicted molar refractivity (Wildman–Crippen MR) is 125 cm³/mol. The van der Waals surface area contributed by atoms with E-state index in [1.165, 1.54) is 49.8 Å². The van der Waals surface area contributed by atoms with E-state index < -0.39 is 0 Å². The second-order valence-corrected chi connectivity index (χ2v) is 7.64. The molecule has 0 fully saturated rings. The van der Waals surface area contributed by atoms with Crippen molar-refractivity contribution in [3.8, 4) is 11.3 Å². The molecule has 0 atom stereocenters. The van der Waals surface area contributed by atoms with Crippen LogP contribution < -0.4 is 15.9 Å². The van der Waals surface area contributed by atoms with Gasteiger partial charge in [-0.25, -0.2) is 0 Å². The monoisotopic (exact) mass is 373 g/mol. The minimum Gasteiger partial charge on any atom is -0.405 e. The predicted octanol–water partition coefficient (Wildman–Crippen LogP) is 5.23. The lowest BCUT2D eigenvalue weighted by Gasteiger charge is -2.27. The van der Waals surface area contributed by atoms with Crippen molar-refractivity contribution >= 4 is 45.5 Å². The molecule has 0 unspecified atom stereocenters. The van der Waals surface area contributed by atoms with Gasteiger partial charge in [-0.1, -0.05) is 72.8 Å². The lowest BCUT2D eigenvalue weighted by atomic mass is 9.64. The van der Waals surface area contributed by atoms with Gasteiger partial charge >= 0.3 is 6.98 Å². The van der Waals surface area contributed by atoms with Crippen molar-refractivity contribution in [2.75, 3.05) is 10.5 Å². The summed E-state index contributed by atoms with van der Waals surface area (Å²) in [4.78, 5) is 0. The maximum absolute atomic E-state index is 3.77. The molecule has 1 aromatic heterocycles. The molecule has 2 N–H and O–H groups in total. The zero-order valence-electron chi connectivity index (χ0n) is 16.2. The molecule has 4 aromatic carbocycles. The maximum atomic E-state index is 3.77. The Kier molecular flexibility index (Phi) is 3.47. The van der Waals surface area contributed by atoms with Crippen LogP contribution in [0.3, 0.4) is 0 Å². The number of nitrogens with zero attached hydrogens (tertiary/aromatic N) is 1. The zero-order valence-corrected chi connectivity index (χ0v) is 16.2. The second kappa shape index (κ2) is 6.18. The number of aromatic nitrogens is 1. The Hall–Kier alpha value is -3.66. The molecule has 0 radical (unpaired) electrons. The molecule has 138 valence electrons. The van der Waals surface area contributed by atoms with Crippen molar-refractivity contribution in [3.63, 3.8) is 0 Å². The van der Waals surface area contributed by atoms with Gasteiger partial charge in [0.25, 0.3) is 0 Å². The smallest absolute Gasteiger partial charge is 0.405 e. The standard InChI is InChI=1S/C25H20BN3/c1-29-22-16-6-5-13-19(22)24(25(29)18-9-3-2-4-10-18)26-27-20-14-7-11-17-12-8-15-21(28-26)23(17)20/h2-16,27-28H,1H3. The summed E-state index contributed by atoms with van der Waals surface area (Å²) in [5, 5.41) is 11.3. The molecule has 6 rings (SSSR count). The van der Waals surface area contributed by atoms with E-state index in [0.29, 0.717) is 0 Å². The molecule has 29 heavy (non-hydrogen) atoms. The molecular formula is C25H20BN3. The van der Waals surface area contributed by atoms with Crippen molar-refractivity contribution in [1.82, 2.24) is 4.57 Å². The molecule has 1 aliphatic heterocycles. The zero-order chi connectivity index (χ0) is 19.4. The minimum absolute atomic E-state index is 0.0168. The summed E-state index contributed by atoms with van der Waals surface area (Å²) in [6, 6.07) is 32.2. The molecule has 4 heteroatoms. The number of fused-ring (bicyclic) bond motifs is 1. The summed E-state index contributed by atoms with van der Waals surface area (Å²) in [5.41, 5.74) is 7.33. The van der Waals surface area contributed by atoms with Gasteiger partial charge in [-0.2, -0.15) is 0 Å². The summed E-state index contributed by atoms with van der Waals surface area (Å²) in [6.07, 6.45) is 0. The number of benzene rings is 4. The van der Waals surface area contributed by atoms with E-state index in [-0.39, 0.29) is 6.98 Å². The molecule has 0 bridgehead atoms. The number of aryl methyl sites for hydroxylation is 1. The van der Waals surface area contributed by atoms with Gasteiger partial charge in [0.1, 0.15) is 0 Å². The summed E-state index contributed by atoms with van der Waals surface area (Å²) in [7, 11) is 2.16. The van der Waals surface area contributed by atoms with Crippen molar-refractivity contribution in [2.24, 2.45) is 7.05 Å². The molecule has 5 aromatic rings. The average molecular weight is 373 g/mol. The topological polar surface area (TPSA) is 29.0 Å². The van der Waals surface area contributed by atoms with E-state index in [0.717, 1.165) is 0 Å². The molecule has 0 spiro atoms. The number of nitrogens with one attached hydrogen (secondary N) is 2. The van der Waals surface area contributed by atoms with Gasteiger partial charge in [-0.15, -0.1) is 0 Å². The number of para-hydroxylation sites is 1. The first-order chi connectivity index (χ1) is 14.3. The maximum Gasteiger partial charge on any atom is 0.408 e. The first-order valence-corrected chi connectivity index (χ1v) is 9.99. The number of rotatable bonds is 2. The summed E-state index contributed by atoms with van der Waals surface area (Å²) >= 11 is 0. The lowest BCUT2D eigenvalue weighted by molar-refractivity contribution is 0.980. The van der Waals surface area contributed by atoms with Crippen molar-refractivity contribution in [3.05, 3.63) is 91.0 Å². The van der Waals surface area contributed by atoms with Crippen LogP contribution >= 0.6 is 0 Å².